The second-order valence-electron chi connectivity index (χ2n) is 7.57. The van der Waals surface area contributed by atoms with Crippen LogP contribution in [0.2, 0.25) is 0 Å². The highest BCUT2D eigenvalue weighted by molar-refractivity contribution is 5.91. The van der Waals surface area contributed by atoms with Crippen molar-refractivity contribution in [2.75, 3.05) is 6.54 Å². The lowest BCUT2D eigenvalue weighted by Crippen LogP contribution is -2.40. The van der Waals surface area contributed by atoms with Crippen molar-refractivity contribution in [1.82, 2.24) is 4.90 Å². The van der Waals surface area contributed by atoms with E-state index in [2.05, 4.69) is 0 Å². The number of aryl methyl sites for hydroxylation is 1. The fourth-order valence-corrected chi connectivity index (χ4v) is 4.21. The number of benzene rings is 1. The second-order valence-corrected chi connectivity index (χ2v) is 7.57. The van der Waals surface area contributed by atoms with Gasteiger partial charge in [0.2, 0.25) is 5.91 Å². The van der Waals surface area contributed by atoms with Gasteiger partial charge in [0.15, 0.2) is 0 Å². The topological polar surface area (TPSA) is 55.8 Å². The van der Waals surface area contributed by atoms with Gasteiger partial charge in [-0.05, 0) is 26.3 Å². The molecule has 2 fully saturated rings. The molecular formula is C20H23NO4. The van der Waals surface area contributed by atoms with Gasteiger partial charge in [0.1, 0.15) is 11.5 Å². The molecule has 3 aliphatic heterocycles. The number of carbonyl (C=O) groups is 2. The predicted molar refractivity (Wildman–Crippen MR) is 91.5 cm³/mol. The van der Waals surface area contributed by atoms with E-state index < -0.39 is 17.4 Å². The predicted octanol–water partition coefficient (Wildman–Crippen LogP) is 2.23. The molecule has 1 spiro atoms. The number of ether oxygens (including phenoxy) is 2. The Morgan fingerprint density at radius 3 is 2.76 bits per heavy atom. The summed E-state index contributed by atoms with van der Waals surface area (Å²) in [6, 6.07) is 8.15. The molecule has 2 unspecified atom stereocenters. The SMILES string of the molecule is Cc1ccc(CN2CC34C=C[C@@H](O3)C(C(=O)OC(C)C)[C@@H]4C2=O)cc1. The number of hydrogen-bond acceptors (Lipinski definition) is 4. The number of rotatable bonds is 4. The maximum Gasteiger partial charge on any atom is 0.313 e. The monoisotopic (exact) mass is 341 g/mol. The Balaban J connectivity index is 1.57. The van der Waals surface area contributed by atoms with Crippen molar-refractivity contribution in [1.29, 1.82) is 0 Å². The molecule has 3 aliphatic rings. The Hall–Kier alpha value is -2.14. The lowest BCUT2D eigenvalue weighted by Gasteiger charge is -2.23. The van der Waals surface area contributed by atoms with Crippen molar-refractivity contribution in [2.45, 2.75) is 45.1 Å². The van der Waals surface area contributed by atoms with Gasteiger partial charge in [-0.15, -0.1) is 0 Å². The average Bonchev–Trinajstić information content (AvgIpc) is 3.18. The second kappa shape index (κ2) is 5.70. The molecule has 2 bridgehead atoms. The first-order valence-corrected chi connectivity index (χ1v) is 8.82. The minimum Gasteiger partial charge on any atom is -0.463 e. The molecule has 3 heterocycles. The van der Waals surface area contributed by atoms with Crippen LogP contribution in [-0.2, 0) is 25.6 Å². The van der Waals surface area contributed by atoms with Crippen molar-refractivity contribution in [3.8, 4) is 0 Å². The number of nitrogens with zero attached hydrogens (tertiary/aromatic N) is 1. The highest BCUT2D eigenvalue weighted by Crippen LogP contribution is 2.52. The quantitative estimate of drug-likeness (QED) is 0.622. The lowest BCUT2D eigenvalue weighted by atomic mass is 9.77. The molecule has 5 heteroatoms. The van der Waals surface area contributed by atoms with E-state index in [1.807, 2.05) is 57.2 Å². The molecular weight excluding hydrogens is 318 g/mol. The van der Waals surface area contributed by atoms with Crippen LogP contribution in [0.5, 0.6) is 0 Å². The summed E-state index contributed by atoms with van der Waals surface area (Å²) in [6.07, 6.45) is 3.33. The van der Waals surface area contributed by atoms with Crippen LogP contribution in [0.25, 0.3) is 0 Å². The minimum absolute atomic E-state index is 0.0156. The van der Waals surface area contributed by atoms with Crippen molar-refractivity contribution in [3.63, 3.8) is 0 Å². The average molecular weight is 341 g/mol. The number of hydrogen-bond donors (Lipinski definition) is 0. The molecule has 1 aromatic rings. The summed E-state index contributed by atoms with van der Waals surface area (Å²) < 4.78 is 11.5. The van der Waals surface area contributed by atoms with Gasteiger partial charge in [-0.2, -0.15) is 0 Å². The molecule has 0 saturated carbocycles. The fraction of sp³-hybridized carbons (Fsp3) is 0.500. The van der Waals surface area contributed by atoms with Crippen molar-refractivity contribution in [2.24, 2.45) is 11.8 Å². The van der Waals surface area contributed by atoms with Gasteiger partial charge in [0, 0.05) is 6.54 Å². The van der Waals surface area contributed by atoms with E-state index in [0.717, 1.165) is 5.56 Å². The minimum atomic E-state index is -0.673. The molecule has 25 heavy (non-hydrogen) atoms. The molecule has 1 amide bonds. The molecule has 2 saturated heterocycles. The normalized spacial score (nSPS) is 32.6. The number of likely N-dealkylation sites (tertiary alicyclic amines) is 1. The first-order chi connectivity index (χ1) is 11.9. The van der Waals surface area contributed by atoms with Crippen LogP contribution in [0.15, 0.2) is 36.4 Å². The Kier molecular flexibility index (Phi) is 3.72. The molecule has 0 radical (unpaired) electrons. The largest absolute Gasteiger partial charge is 0.463 e. The summed E-state index contributed by atoms with van der Waals surface area (Å²) in [5.41, 5.74) is 1.59. The Labute approximate surface area is 147 Å². The Morgan fingerprint density at radius 1 is 1.36 bits per heavy atom. The number of esters is 1. The Bertz CT molecular complexity index is 739. The third-order valence-corrected chi connectivity index (χ3v) is 5.30. The summed E-state index contributed by atoms with van der Waals surface area (Å²) in [6.45, 7) is 6.69. The number of fused-ring (bicyclic) bond motifs is 1. The van der Waals surface area contributed by atoms with Crippen LogP contribution in [-0.4, -0.2) is 41.1 Å². The molecule has 4 atom stereocenters. The third-order valence-electron chi connectivity index (χ3n) is 5.30. The van der Waals surface area contributed by atoms with E-state index in [-0.39, 0.29) is 24.1 Å². The molecule has 4 rings (SSSR count). The molecule has 132 valence electrons. The zero-order valence-corrected chi connectivity index (χ0v) is 14.8. The lowest BCUT2D eigenvalue weighted by molar-refractivity contribution is -0.157. The van der Waals surface area contributed by atoms with Crippen LogP contribution in [0, 0.1) is 18.8 Å². The fourth-order valence-electron chi connectivity index (χ4n) is 4.21. The standard InChI is InChI=1S/C20H23NO4/c1-12(2)24-19(23)16-15-8-9-20(25-15)11-21(18(22)17(16)20)10-14-6-4-13(3)5-7-14/h4-9,12,15-17H,10-11H2,1-3H3/t15-,16?,17-,20?/m1/s1. The van der Waals surface area contributed by atoms with Gasteiger partial charge < -0.3 is 14.4 Å². The highest BCUT2D eigenvalue weighted by Gasteiger charge is 2.67. The smallest absolute Gasteiger partial charge is 0.313 e. The zero-order chi connectivity index (χ0) is 17.8. The molecule has 0 aromatic heterocycles. The van der Waals surface area contributed by atoms with E-state index in [1.54, 1.807) is 4.90 Å². The van der Waals surface area contributed by atoms with Gasteiger partial charge >= 0.3 is 5.97 Å². The van der Waals surface area contributed by atoms with Crippen LogP contribution >= 0.6 is 0 Å². The first kappa shape index (κ1) is 16.3. The highest BCUT2D eigenvalue weighted by atomic mass is 16.6. The first-order valence-electron chi connectivity index (χ1n) is 8.82. The summed E-state index contributed by atoms with van der Waals surface area (Å²) in [7, 11) is 0. The summed E-state index contributed by atoms with van der Waals surface area (Å²) >= 11 is 0. The van der Waals surface area contributed by atoms with Crippen LogP contribution < -0.4 is 0 Å². The molecule has 5 nitrogen and oxygen atoms in total. The number of carbonyl (C=O) groups excluding carboxylic acids is 2. The Morgan fingerprint density at radius 2 is 2.08 bits per heavy atom. The van der Waals surface area contributed by atoms with Crippen molar-refractivity contribution in [3.05, 3.63) is 47.5 Å². The zero-order valence-electron chi connectivity index (χ0n) is 14.8. The summed E-state index contributed by atoms with van der Waals surface area (Å²) in [4.78, 5) is 27.4. The van der Waals surface area contributed by atoms with Crippen LogP contribution in [0.3, 0.4) is 0 Å². The van der Waals surface area contributed by atoms with Crippen molar-refractivity contribution < 1.29 is 19.1 Å². The van der Waals surface area contributed by atoms with E-state index in [1.165, 1.54) is 5.56 Å². The maximum absolute atomic E-state index is 13.0. The van der Waals surface area contributed by atoms with Crippen LogP contribution in [0.1, 0.15) is 25.0 Å². The van der Waals surface area contributed by atoms with Gasteiger partial charge in [0.05, 0.1) is 24.7 Å². The van der Waals surface area contributed by atoms with Gasteiger partial charge in [-0.25, -0.2) is 0 Å². The van der Waals surface area contributed by atoms with E-state index >= 15 is 0 Å². The van der Waals surface area contributed by atoms with Crippen LogP contribution in [0.4, 0.5) is 0 Å². The maximum atomic E-state index is 13.0. The van der Waals surface area contributed by atoms with E-state index in [9.17, 15) is 9.59 Å². The summed E-state index contributed by atoms with van der Waals surface area (Å²) in [5, 5.41) is 0. The van der Waals surface area contributed by atoms with Gasteiger partial charge in [-0.1, -0.05) is 42.0 Å². The molecule has 1 aromatic carbocycles. The van der Waals surface area contributed by atoms with E-state index in [4.69, 9.17) is 9.47 Å². The van der Waals surface area contributed by atoms with E-state index in [0.29, 0.717) is 13.1 Å². The number of amides is 1. The van der Waals surface area contributed by atoms with Gasteiger partial charge in [0.25, 0.3) is 0 Å². The van der Waals surface area contributed by atoms with Gasteiger partial charge in [-0.3, -0.25) is 9.59 Å². The third kappa shape index (κ3) is 2.58. The molecule has 0 aliphatic carbocycles. The van der Waals surface area contributed by atoms with Crippen molar-refractivity contribution >= 4 is 11.9 Å². The summed E-state index contributed by atoms with van der Waals surface area (Å²) in [5.74, 6) is -1.36. The molecule has 0 N–H and O–H groups in total.